The standard InChI is InChI=1S/C25H18N2O4S2/c28-32(29,19-11-3-1-4-12-19)25-21-15-7-8-17-23(21)27(24(25)22-16-9-10-18-26-22)33(30,31)20-13-5-2-6-14-20/h1-18H. The highest BCUT2D eigenvalue weighted by molar-refractivity contribution is 7.92. The van der Waals surface area contributed by atoms with E-state index in [2.05, 4.69) is 4.98 Å². The van der Waals surface area contributed by atoms with Crippen molar-refractivity contribution in [2.45, 2.75) is 14.7 Å². The van der Waals surface area contributed by atoms with Crippen molar-refractivity contribution in [3.05, 3.63) is 109 Å². The fourth-order valence-electron chi connectivity index (χ4n) is 3.84. The average molecular weight is 475 g/mol. The summed E-state index contributed by atoms with van der Waals surface area (Å²) < 4.78 is 56.6. The zero-order valence-corrected chi connectivity index (χ0v) is 18.9. The highest BCUT2D eigenvalue weighted by Gasteiger charge is 2.34. The third-order valence-corrected chi connectivity index (χ3v) is 8.87. The van der Waals surface area contributed by atoms with E-state index in [1.807, 2.05) is 0 Å². The normalized spacial score (nSPS) is 12.1. The lowest BCUT2D eigenvalue weighted by Crippen LogP contribution is -2.15. The summed E-state index contributed by atoms with van der Waals surface area (Å²) in [6.45, 7) is 0. The van der Waals surface area contributed by atoms with Crippen LogP contribution in [0.15, 0.2) is 124 Å². The SMILES string of the molecule is O=S(=O)(c1ccccc1)c1c(-c2ccccn2)n(S(=O)(=O)c2ccccc2)c2ccccc12. The Hall–Kier alpha value is -3.75. The molecule has 6 nitrogen and oxygen atoms in total. The number of fused-ring (bicyclic) bond motifs is 1. The van der Waals surface area contributed by atoms with Crippen molar-refractivity contribution in [3.8, 4) is 11.4 Å². The van der Waals surface area contributed by atoms with E-state index in [1.165, 1.54) is 30.5 Å². The number of aromatic nitrogens is 2. The summed E-state index contributed by atoms with van der Waals surface area (Å²) in [5, 5.41) is 0.307. The van der Waals surface area contributed by atoms with Gasteiger partial charge in [-0.25, -0.2) is 20.8 Å². The quantitative estimate of drug-likeness (QED) is 0.366. The van der Waals surface area contributed by atoms with Crippen molar-refractivity contribution in [2.24, 2.45) is 0 Å². The molecule has 0 aliphatic heterocycles. The van der Waals surface area contributed by atoms with Crippen LogP contribution in [0.25, 0.3) is 22.3 Å². The van der Waals surface area contributed by atoms with Crippen LogP contribution in [0.5, 0.6) is 0 Å². The number of benzene rings is 3. The summed E-state index contributed by atoms with van der Waals surface area (Å²) in [5.74, 6) is 0. The molecular formula is C25H18N2O4S2. The number of para-hydroxylation sites is 1. The molecule has 5 aromatic rings. The van der Waals surface area contributed by atoms with E-state index in [4.69, 9.17) is 0 Å². The van der Waals surface area contributed by atoms with Crippen LogP contribution in [0.4, 0.5) is 0 Å². The van der Waals surface area contributed by atoms with Crippen molar-refractivity contribution in [2.75, 3.05) is 0 Å². The van der Waals surface area contributed by atoms with Gasteiger partial charge in [0.15, 0.2) is 0 Å². The van der Waals surface area contributed by atoms with Crippen LogP contribution in [-0.4, -0.2) is 25.8 Å². The minimum Gasteiger partial charge on any atom is -0.255 e. The van der Waals surface area contributed by atoms with Crippen LogP contribution in [0, 0.1) is 0 Å². The van der Waals surface area contributed by atoms with Crippen LogP contribution in [0.3, 0.4) is 0 Å². The summed E-state index contributed by atoms with van der Waals surface area (Å²) in [6, 6.07) is 27.5. The van der Waals surface area contributed by atoms with Gasteiger partial charge in [0.25, 0.3) is 10.0 Å². The second kappa shape index (κ2) is 7.99. The van der Waals surface area contributed by atoms with Gasteiger partial charge in [0.05, 0.1) is 21.0 Å². The molecule has 0 amide bonds. The number of rotatable bonds is 5. The van der Waals surface area contributed by atoms with Crippen LogP contribution < -0.4 is 0 Å². The Labute approximate surface area is 191 Å². The fourth-order valence-corrected chi connectivity index (χ4v) is 7.12. The van der Waals surface area contributed by atoms with Gasteiger partial charge in [-0.2, -0.15) is 0 Å². The molecule has 2 heterocycles. The number of hydrogen-bond donors (Lipinski definition) is 0. The van der Waals surface area contributed by atoms with Gasteiger partial charge in [0, 0.05) is 11.6 Å². The van der Waals surface area contributed by atoms with Crippen LogP contribution >= 0.6 is 0 Å². The first-order chi connectivity index (χ1) is 15.9. The summed E-state index contributed by atoms with van der Waals surface area (Å²) in [7, 11) is -8.25. The molecule has 0 unspecified atom stereocenters. The Kier molecular flexibility index (Phi) is 5.11. The second-order valence-corrected chi connectivity index (χ2v) is 11.0. The lowest BCUT2D eigenvalue weighted by Gasteiger charge is -2.13. The van der Waals surface area contributed by atoms with E-state index in [9.17, 15) is 16.8 Å². The van der Waals surface area contributed by atoms with Crippen LogP contribution in [-0.2, 0) is 19.9 Å². The Morgan fingerprint density at radius 2 is 1.18 bits per heavy atom. The lowest BCUT2D eigenvalue weighted by atomic mass is 10.2. The van der Waals surface area contributed by atoms with Crippen molar-refractivity contribution >= 4 is 30.8 Å². The van der Waals surface area contributed by atoms with Gasteiger partial charge < -0.3 is 0 Å². The molecule has 0 saturated carbocycles. The van der Waals surface area contributed by atoms with Gasteiger partial charge in [-0.05, 0) is 42.5 Å². The molecule has 0 bridgehead atoms. The fraction of sp³-hybridized carbons (Fsp3) is 0. The molecule has 33 heavy (non-hydrogen) atoms. The van der Waals surface area contributed by atoms with Crippen LogP contribution in [0.1, 0.15) is 0 Å². The Morgan fingerprint density at radius 1 is 0.606 bits per heavy atom. The topological polar surface area (TPSA) is 86.1 Å². The number of sulfone groups is 1. The molecule has 0 atom stereocenters. The summed E-state index contributed by atoms with van der Waals surface area (Å²) >= 11 is 0. The minimum absolute atomic E-state index is 0.00417. The zero-order chi connectivity index (χ0) is 23.1. The van der Waals surface area contributed by atoms with Gasteiger partial charge >= 0.3 is 0 Å². The molecule has 0 aliphatic rings. The number of hydrogen-bond acceptors (Lipinski definition) is 5. The molecule has 164 valence electrons. The van der Waals surface area contributed by atoms with Crippen molar-refractivity contribution in [1.82, 2.24) is 8.96 Å². The van der Waals surface area contributed by atoms with Gasteiger partial charge in [-0.1, -0.05) is 60.7 Å². The Bertz CT molecular complexity index is 1560. The summed E-state index contributed by atoms with van der Waals surface area (Å²) in [4.78, 5) is 4.35. The van der Waals surface area contributed by atoms with E-state index in [0.717, 1.165) is 3.97 Å². The maximum atomic E-state index is 13.9. The second-order valence-electron chi connectivity index (χ2n) is 7.31. The molecule has 8 heteroatoms. The number of nitrogens with zero attached hydrogens (tertiary/aromatic N) is 2. The van der Waals surface area contributed by atoms with Crippen molar-refractivity contribution < 1.29 is 16.8 Å². The predicted octanol–water partition coefficient (Wildman–Crippen LogP) is 4.77. The van der Waals surface area contributed by atoms with E-state index in [1.54, 1.807) is 78.9 Å². The van der Waals surface area contributed by atoms with E-state index >= 15 is 0 Å². The van der Waals surface area contributed by atoms with E-state index < -0.39 is 19.9 Å². The van der Waals surface area contributed by atoms with Crippen LogP contribution in [0.2, 0.25) is 0 Å². The molecular weight excluding hydrogens is 456 g/mol. The Morgan fingerprint density at radius 3 is 1.82 bits per heavy atom. The first kappa shape index (κ1) is 21.1. The first-order valence-corrected chi connectivity index (χ1v) is 13.0. The summed E-state index contributed by atoms with van der Waals surface area (Å²) in [5.41, 5.74) is 0.503. The monoisotopic (exact) mass is 474 g/mol. The lowest BCUT2D eigenvalue weighted by molar-refractivity contribution is 0.589. The molecule has 5 rings (SSSR count). The van der Waals surface area contributed by atoms with Crippen molar-refractivity contribution in [1.29, 1.82) is 0 Å². The number of pyridine rings is 1. The maximum absolute atomic E-state index is 13.9. The molecule has 0 aliphatic carbocycles. The third kappa shape index (κ3) is 3.44. The first-order valence-electron chi connectivity index (χ1n) is 10.1. The van der Waals surface area contributed by atoms with Gasteiger partial charge in [-0.15, -0.1) is 0 Å². The highest BCUT2D eigenvalue weighted by Crippen LogP contribution is 2.41. The molecule has 0 radical (unpaired) electrons. The van der Waals surface area contributed by atoms with E-state index in [-0.39, 0.29) is 31.6 Å². The summed E-state index contributed by atoms with van der Waals surface area (Å²) in [6.07, 6.45) is 1.51. The van der Waals surface area contributed by atoms with E-state index in [0.29, 0.717) is 5.39 Å². The molecule has 2 aromatic heterocycles. The average Bonchev–Trinajstić information content (AvgIpc) is 3.22. The smallest absolute Gasteiger partial charge is 0.255 e. The Balaban J connectivity index is 1.98. The van der Waals surface area contributed by atoms with Gasteiger partial charge in [0.2, 0.25) is 9.84 Å². The molecule has 0 saturated heterocycles. The molecule has 3 aromatic carbocycles. The minimum atomic E-state index is -4.15. The third-order valence-electron chi connectivity index (χ3n) is 5.30. The van der Waals surface area contributed by atoms with Gasteiger partial charge in [0.1, 0.15) is 10.6 Å². The highest BCUT2D eigenvalue weighted by atomic mass is 32.2. The molecule has 0 fully saturated rings. The zero-order valence-electron chi connectivity index (χ0n) is 17.2. The van der Waals surface area contributed by atoms with Gasteiger partial charge in [-0.3, -0.25) is 4.98 Å². The predicted molar refractivity (Wildman–Crippen MR) is 126 cm³/mol. The largest absolute Gasteiger partial charge is 0.268 e. The maximum Gasteiger partial charge on any atom is 0.268 e. The molecule has 0 spiro atoms. The molecule has 0 N–H and O–H groups in total. The van der Waals surface area contributed by atoms with Crippen molar-refractivity contribution in [3.63, 3.8) is 0 Å².